The quantitative estimate of drug-likeness (QED) is 0.562. The highest BCUT2D eigenvalue weighted by Crippen LogP contribution is 2.36. The summed E-state index contributed by atoms with van der Waals surface area (Å²) in [5.74, 6) is 0.484. The predicted molar refractivity (Wildman–Crippen MR) is 117 cm³/mol. The van der Waals surface area contributed by atoms with Crippen LogP contribution in [0.4, 0.5) is 24.5 Å². The Bertz CT molecular complexity index is 875. The summed E-state index contributed by atoms with van der Waals surface area (Å²) in [6, 6.07) is 11.0. The molecule has 1 atom stereocenters. The first-order valence-corrected chi connectivity index (χ1v) is 10.8. The third kappa shape index (κ3) is 6.15. The Morgan fingerprint density at radius 1 is 1.10 bits per heavy atom. The van der Waals surface area contributed by atoms with Gasteiger partial charge in [-0.05, 0) is 67.5 Å². The van der Waals surface area contributed by atoms with E-state index in [1.54, 1.807) is 12.1 Å². The van der Waals surface area contributed by atoms with Crippen LogP contribution in [-0.2, 0) is 11.0 Å². The van der Waals surface area contributed by atoms with Crippen LogP contribution in [0.1, 0.15) is 56.6 Å². The molecule has 3 rings (SSSR count). The molecule has 1 unspecified atom stereocenters. The number of ether oxygens (including phenoxy) is 1. The van der Waals surface area contributed by atoms with E-state index in [0.29, 0.717) is 17.4 Å². The van der Waals surface area contributed by atoms with Gasteiger partial charge in [0.25, 0.3) is 5.91 Å². The highest BCUT2D eigenvalue weighted by Gasteiger charge is 2.32. The molecule has 0 bridgehead atoms. The summed E-state index contributed by atoms with van der Waals surface area (Å²) >= 11 is 0. The van der Waals surface area contributed by atoms with E-state index in [1.807, 2.05) is 17.0 Å². The van der Waals surface area contributed by atoms with E-state index >= 15 is 0 Å². The lowest BCUT2D eigenvalue weighted by Crippen LogP contribution is -2.31. The molecule has 4 nitrogen and oxygen atoms in total. The summed E-state index contributed by atoms with van der Waals surface area (Å²) in [5.41, 5.74) is 1.18. The molecular formula is C24H29F3N2O2. The van der Waals surface area contributed by atoms with Gasteiger partial charge >= 0.3 is 6.18 Å². The van der Waals surface area contributed by atoms with Crippen LogP contribution in [-0.4, -0.2) is 25.6 Å². The second kappa shape index (κ2) is 10.1. The number of anilines is 2. The number of piperidine rings is 1. The van der Waals surface area contributed by atoms with E-state index in [9.17, 15) is 18.0 Å². The molecule has 168 valence electrons. The van der Waals surface area contributed by atoms with Gasteiger partial charge in [-0.15, -0.1) is 0 Å². The fourth-order valence-corrected chi connectivity index (χ4v) is 3.69. The number of amides is 1. The molecule has 1 fully saturated rings. The smallest absolute Gasteiger partial charge is 0.416 e. The van der Waals surface area contributed by atoms with Crippen molar-refractivity contribution >= 4 is 17.3 Å². The SMILES string of the molecule is CCC(C)c1ccc(OCC(=O)Nc2cc(C(F)(F)F)ccc2N2CCCCC2)cc1. The molecule has 2 aromatic rings. The minimum Gasteiger partial charge on any atom is -0.484 e. The topological polar surface area (TPSA) is 41.6 Å². The number of alkyl halides is 3. The molecule has 1 N–H and O–H groups in total. The van der Waals surface area contributed by atoms with E-state index < -0.39 is 17.6 Å². The van der Waals surface area contributed by atoms with Crippen LogP contribution in [0.25, 0.3) is 0 Å². The second-order valence-corrected chi connectivity index (χ2v) is 7.99. The van der Waals surface area contributed by atoms with Crippen molar-refractivity contribution in [2.75, 3.05) is 29.9 Å². The van der Waals surface area contributed by atoms with Crippen LogP contribution in [0.15, 0.2) is 42.5 Å². The zero-order valence-corrected chi connectivity index (χ0v) is 18.0. The van der Waals surface area contributed by atoms with Crippen molar-refractivity contribution in [3.05, 3.63) is 53.6 Å². The summed E-state index contributed by atoms with van der Waals surface area (Å²) in [7, 11) is 0. The third-order valence-corrected chi connectivity index (χ3v) is 5.73. The first-order chi connectivity index (χ1) is 14.8. The number of nitrogens with zero attached hydrogens (tertiary/aromatic N) is 1. The number of hydrogen-bond donors (Lipinski definition) is 1. The van der Waals surface area contributed by atoms with Gasteiger partial charge in [-0.2, -0.15) is 13.2 Å². The molecular weight excluding hydrogens is 405 g/mol. The van der Waals surface area contributed by atoms with Gasteiger partial charge < -0.3 is 15.0 Å². The van der Waals surface area contributed by atoms with E-state index in [-0.39, 0.29) is 12.3 Å². The number of hydrogen-bond acceptors (Lipinski definition) is 3. The number of carbonyl (C=O) groups is 1. The normalized spacial score (nSPS) is 15.5. The maximum Gasteiger partial charge on any atom is 0.416 e. The van der Waals surface area contributed by atoms with Crippen molar-refractivity contribution in [2.24, 2.45) is 0 Å². The van der Waals surface area contributed by atoms with E-state index in [1.165, 1.54) is 11.6 Å². The molecule has 1 amide bonds. The fourth-order valence-electron chi connectivity index (χ4n) is 3.69. The molecule has 0 spiro atoms. The number of carbonyl (C=O) groups excluding carboxylic acids is 1. The van der Waals surface area contributed by atoms with Gasteiger partial charge in [0.05, 0.1) is 16.9 Å². The van der Waals surface area contributed by atoms with Gasteiger partial charge in [0.15, 0.2) is 6.61 Å². The predicted octanol–water partition coefficient (Wildman–Crippen LogP) is 6.23. The van der Waals surface area contributed by atoms with Crippen molar-refractivity contribution in [3.63, 3.8) is 0 Å². The standard InChI is InChI=1S/C24H29F3N2O2/c1-3-17(2)18-7-10-20(11-8-18)31-16-23(30)28-21-15-19(24(25,26)27)9-12-22(21)29-13-5-4-6-14-29/h7-12,15,17H,3-6,13-14,16H2,1-2H3,(H,28,30). The van der Waals surface area contributed by atoms with Crippen LogP contribution in [0.2, 0.25) is 0 Å². The Morgan fingerprint density at radius 3 is 2.39 bits per heavy atom. The molecule has 1 aliphatic heterocycles. The number of benzene rings is 2. The van der Waals surface area contributed by atoms with Gasteiger partial charge in [-0.3, -0.25) is 4.79 Å². The fraction of sp³-hybridized carbons (Fsp3) is 0.458. The molecule has 7 heteroatoms. The average Bonchev–Trinajstić information content (AvgIpc) is 2.77. The van der Waals surface area contributed by atoms with E-state index in [4.69, 9.17) is 4.74 Å². The Balaban J connectivity index is 1.70. The molecule has 0 aliphatic carbocycles. The zero-order valence-electron chi connectivity index (χ0n) is 18.0. The van der Waals surface area contributed by atoms with Crippen molar-refractivity contribution in [1.29, 1.82) is 0 Å². The van der Waals surface area contributed by atoms with E-state index in [0.717, 1.165) is 50.9 Å². The first kappa shape index (κ1) is 23.0. The largest absolute Gasteiger partial charge is 0.484 e. The number of nitrogens with one attached hydrogen (secondary N) is 1. The van der Waals surface area contributed by atoms with Crippen LogP contribution in [0, 0.1) is 0 Å². The molecule has 31 heavy (non-hydrogen) atoms. The summed E-state index contributed by atoms with van der Waals surface area (Å²) in [6.45, 7) is 5.49. The average molecular weight is 435 g/mol. The summed E-state index contributed by atoms with van der Waals surface area (Å²) < 4.78 is 45.2. The molecule has 2 aromatic carbocycles. The van der Waals surface area contributed by atoms with Crippen molar-refractivity contribution in [1.82, 2.24) is 0 Å². The van der Waals surface area contributed by atoms with Gasteiger partial charge in [-0.1, -0.05) is 26.0 Å². The minimum atomic E-state index is -4.48. The maximum atomic E-state index is 13.2. The summed E-state index contributed by atoms with van der Waals surface area (Å²) in [5, 5.41) is 2.62. The van der Waals surface area contributed by atoms with Crippen LogP contribution in [0.5, 0.6) is 5.75 Å². The zero-order chi connectivity index (χ0) is 22.4. The molecule has 0 saturated carbocycles. The lowest BCUT2D eigenvalue weighted by atomic mass is 9.99. The van der Waals surface area contributed by atoms with Gasteiger partial charge in [0.2, 0.25) is 0 Å². The van der Waals surface area contributed by atoms with Gasteiger partial charge in [0, 0.05) is 13.1 Å². The first-order valence-electron chi connectivity index (χ1n) is 10.8. The summed E-state index contributed by atoms with van der Waals surface area (Å²) in [4.78, 5) is 14.5. The maximum absolute atomic E-state index is 13.2. The lowest BCUT2D eigenvalue weighted by Gasteiger charge is -2.31. The van der Waals surface area contributed by atoms with Gasteiger partial charge in [-0.25, -0.2) is 0 Å². The van der Waals surface area contributed by atoms with Crippen LogP contribution in [0.3, 0.4) is 0 Å². The van der Waals surface area contributed by atoms with Crippen molar-refractivity contribution in [3.8, 4) is 5.75 Å². The monoisotopic (exact) mass is 434 g/mol. The van der Waals surface area contributed by atoms with Crippen LogP contribution >= 0.6 is 0 Å². The summed E-state index contributed by atoms with van der Waals surface area (Å²) in [6.07, 6.45) is -0.399. The minimum absolute atomic E-state index is 0.164. The Kier molecular flexibility index (Phi) is 7.46. The molecule has 1 aliphatic rings. The van der Waals surface area contributed by atoms with Crippen molar-refractivity contribution in [2.45, 2.75) is 51.6 Å². The van der Waals surface area contributed by atoms with Crippen LogP contribution < -0.4 is 15.0 Å². The molecule has 0 radical (unpaired) electrons. The Hall–Kier alpha value is -2.70. The highest BCUT2D eigenvalue weighted by molar-refractivity contribution is 5.95. The highest BCUT2D eigenvalue weighted by atomic mass is 19.4. The Labute approximate surface area is 181 Å². The molecule has 1 heterocycles. The Morgan fingerprint density at radius 2 is 1.77 bits per heavy atom. The lowest BCUT2D eigenvalue weighted by molar-refractivity contribution is -0.137. The molecule has 1 saturated heterocycles. The van der Waals surface area contributed by atoms with Crippen molar-refractivity contribution < 1.29 is 22.7 Å². The third-order valence-electron chi connectivity index (χ3n) is 5.73. The molecule has 0 aromatic heterocycles. The van der Waals surface area contributed by atoms with Gasteiger partial charge in [0.1, 0.15) is 5.75 Å². The number of halogens is 3. The second-order valence-electron chi connectivity index (χ2n) is 7.99. The number of rotatable bonds is 7. The van der Waals surface area contributed by atoms with E-state index in [2.05, 4.69) is 19.2 Å².